The molecule has 14 heteroatoms. The Morgan fingerprint density at radius 2 is 1.03 bits per heavy atom. The van der Waals surface area contributed by atoms with Crippen LogP contribution in [0.4, 0.5) is 0 Å². The zero-order valence-electron chi connectivity index (χ0n) is 17.8. The number of rotatable bonds is 8. The van der Waals surface area contributed by atoms with E-state index >= 15 is 0 Å². The summed E-state index contributed by atoms with van der Waals surface area (Å²) in [6.07, 6.45) is 0.865. The molecule has 0 aliphatic carbocycles. The lowest BCUT2D eigenvalue weighted by Crippen LogP contribution is -2.02. The summed E-state index contributed by atoms with van der Waals surface area (Å²) in [5.74, 6) is 2.85. The molecule has 1 heterocycles. The molecule has 0 aliphatic heterocycles. The molecule has 0 radical (unpaired) electrons. The monoisotopic (exact) mass is 881 g/mol. The van der Waals surface area contributed by atoms with E-state index in [1.165, 1.54) is 0 Å². The summed E-state index contributed by atoms with van der Waals surface area (Å²) in [5, 5.41) is 0. The lowest BCUT2D eigenvalue weighted by Gasteiger charge is -2.13. The van der Waals surface area contributed by atoms with Crippen molar-refractivity contribution in [3.63, 3.8) is 0 Å². The summed E-state index contributed by atoms with van der Waals surface area (Å²) >= 11 is 20.7. The number of ether oxygens (including phenoxy) is 4. The van der Waals surface area contributed by atoms with Gasteiger partial charge < -0.3 is 18.9 Å². The van der Waals surface area contributed by atoms with Gasteiger partial charge in [0.25, 0.3) is 0 Å². The van der Waals surface area contributed by atoms with Gasteiger partial charge in [-0.1, -0.05) is 44.0 Å². The highest BCUT2D eigenvalue weighted by Gasteiger charge is 2.19. The molecule has 1 aromatic heterocycles. The van der Waals surface area contributed by atoms with Crippen molar-refractivity contribution in [2.24, 2.45) is 0 Å². The standard InChI is InChI=1S/C23H9Br6N3O5/c24-11-7-13(26)19(14(27)8-11)36-22-30-21(35-18-4-2-1-3-17(18)34-6-5-33)31-23(32-22)37-20-15(28)9-12(25)10-16(20)29/h1-4,6-10H. The van der Waals surface area contributed by atoms with Crippen molar-refractivity contribution < 1.29 is 23.7 Å². The Kier molecular flexibility index (Phi) is 9.79. The fraction of sp³-hybridized carbons (Fsp3) is 0. The van der Waals surface area contributed by atoms with E-state index < -0.39 is 0 Å². The van der Waals surface area contributed by atoms with Gasteiger partial charge in [0.15, 0.2) is 35.2 Å². The second-order valence-corrected chi connectivity index (χ2v) is 11.9. The van der Waals surface area contributed by atoms with Crippen molar-refractivity contribution in [2.45, 2.75) is 0 Å². The third kappa shape index (κ3) is 7.41. The number of benzene rings is 3. The van der Waals surface area contributed by atoms with Crippen LogP contribution in [0.3, 0.4) is 0 Å². The van der Waals surface area contributed by atoms with Gasteiger partial charge in [-0.05, 0) is 100 Å². The van der Waals surface area contributed by atoms with Crippen molar-refractivity contribution in [3.05, 3.63) is 81.6 Å². The average molecular weight is 887 g/mol. The van der Waals surface area contributed by atoms with Crippen molar-refractivity contribution in [3.8, 4) is 41.0 Å². The highest BCUT2D eigenvalue weighted by molar-refractivity contribution is 9.12. The lowest BCUT2D eigenvalue weighted by atomic mass is 10.3. The maximum atomic E-state index is 10.6. The average Bonchev–Trinajstić information content (AvgIpc) is 2.83. The van der Waals surface area contributed by atoms with Crippen LogP contribution in [0.1, 0.15) is 0 Å². The molecule has 188 valence electrons. The first-order valence-electron chi connectivity index (χ1n) is 9.77. The van der Waals surface area contributed by atoms with Crippen LogP contribution in [0.15, 0.2) is 81.6 Å². The van der Waals surface area contributed by atoms with Gasteiger partial charge in [-0.15, -0.1) is 15.0 Å². The molecule has 37 heavy (non-hydrogen) atoms. The first-order chi connectivity index (χ1) is 17.7. The van der Waals surface area contributed by atoms with Crippen LogP contribution in [0.25, 0.3) is 0 Å². The van der Waals surface area contributed by atoms with E-state index in [9.17, 15) is 4.79 Å². The molecule has 0 atom stereocenters. The molecule has 0 amide bonds. The maximum Gasteiger partial charge on any atom is 0.331 e. The van der Waals surface area contributed by atoms with Crippen LogP contribution in [0.2, 0.25) is 0 Å². The van der Waals surface area contributed by atoms with E-state index in [0.29, 0.717) is 29.4 Å². The Balaban J connectivity index is 1.76. The molecule has 4 aromatic rings. The first-order valence-corrected chi connectivity index (χ1v) is 14.5. The SMILES string of the molecule is O=C=COc1ccccc1Oc1nc(Oc2c(Br)cc(Br)cc2Br)nc(Oc2c(Br)cc(Br)cc2Br)n1. The number of hydrogen-bond acceptors (Lipinski definition) is 8. The highest BCUT2D eigenvalue weighted by atomic mass is 79.9. The molecule has 0 saturated heterocycles. The van der Waals surface area contributed by atoms with E-state index in [2.05, 4.69) is 111 Å². The normalized spacial score (nSPS) is 10.4. The third-order valence-corrected chi connectivity index (χ3v) is 7.44. The number of hydrogen-bond donors (Lipinski definition) is 0. The predicted molar refractivity (Wildman–Crippen MR) is 156 cm³/mol. The molecule has 0 N–H and O–H groups in total. The van der Waals surface area contributed by atoms with Gasteiger partial charge in [-0.25, -0.2) is 4.79 Å². The summed E-state index contributed by atoms with van der Waals surface area (Å²) in [6.45, 7) is 0. The number of carbonyl (C=O) groups excluding carboxylic acids is 1. The summed E-state index contributed by atoms with van der Waals surface area (Å²) < 4.78 is 27.3. The van der Waals surface area contributed by atoms with Gasteiger partial charge in [0.05, 0.1) is 17.9 Å². The zero-order valence-corrected chi connectivity index (χ0v) is 27.4. The van der Waals surface area contributed by atoms with Crippen LogP contribution < -0.4 is 18.9 Å². The summed E-state index contributed by atoms with van der Waals surface area (Å²) in [4.78, 5) is 23.5. The summed E-state index contributed by atoms with van der Waals surface area (Å²) in [7, 11) is 0. The summed E-state index contributed by atoms with van der Waals surface area (Å²) in [5.41, 5.74) is 0. The molecule has 0 unspecified atom stereocenters. The minimum Gasteiger partial charge on any atom is -0.449 e. The lowest BCUT2D eigenvalue weighted by molar-refractivity contribution is 0.351. The molecule has 0 spiro atoms. The van der Waals surface area contributed by atoms with E-state index in [-0.39, 0.29) is 29.5 Å². The second kappa shape index (κ2) is 12.8. The number of halogens is 6. The number of para-hydroxylation sites is 2. The molecule has 0 aliphatic rings. The van der Waals surface area contributed by atoms with Gasteiger partial charge in [0, 0.05) is 8.95 Å². The van der Waals surface area contributed by atoms with Gasteiger partial charge in [0.2, 0.25) is 0 Å². The van der Waals surface area contributed by atoms with Crippen LogP contribution in [0.5, 0.6) is 41.0 Å². The van der Waals surface area contributed by atoms with E-state index in [1.54, 1.807) is 54.5 Å². The molecular weight excluding hydrogens is 878 g/mol. The van der Waals surface area contributed by atoms with Crippen molar-refractivity contribution >= 4 is 102 Å². The van der Waals surface area contributed by atoms with E-state index in [4.69, 9.17) is 18.9 Å². The fourth-order valence-electron chi connectivity index (χ4n) is 2.71. The molecular formula is C23H9Br6N3O5. The molecule has 8 nitrogen and oxygen atoms in total. The highest BCUT2D eigenvalue weighted by Crippen LogP contribution is 2.41. The minimum atomic E-state index is -0.153. The second-order valence-electron chi connectivity index (χ2n) is 6.69. The van der Waals surface area contributed by atoms with E-state index in [0.717, 1.165) is 15.2 Å². The number of aromatic nitrogens is 3. The van der Waals surface area contributed by atoms with Gasteiger partial charge in [-0.3, -0.25) is 0 Å². The van der Waals surface area contributed by atoms with Crippen molar-refractivity contribution in [2.75, 3.05) is 0 Å². The van der Waals surface area contributed by atoms with Crippen molar-refractivity contribution in [1.29, 1.82) is 0 Å². The Morgan fingerprint density at radius 3 is 1.46 bits per heavy atom. The van der Waals surface area contributed by atoms with Gasteiger partial charge >= 0.3 is 18.0 Å². The molecule has 0 bridgehead atoms. The first kappa shape index (κ1) is 28.2. The minimum absolute atomic E-state index is 0.112. The Hall–Kier alpha value is -1.80. The molecule has 0 saturated carbocycles. The van der Waals surface area contributed by atoms with Crippen LogP contribution in [-0.4, -0.2) is 20.9 Å². The Bertz CT molecular complexity index is 1410. The maximum absolute atomic E-state index is 10.6. The zero-order chi connectivity index (χ0) is 26.5. The van der Waals surface area contributed by atoms with E-state index in [1.807, 2.05) is 0 Å². The van der Waals surface area contributed by atoms with Gasteiger partial charge in [0.1, 0.15) is 0 Å². The quantitative estimate of drug-likeness (QED) is 0.128. The van der Waals surface area contributed by atoms with Crippen LogP contribution in [-0.2, 0) is 4.79 Å². The number of nitrogens with zero attached hydrogens (tertiary/aromatic N) is 3. The van der Waals surface area contributed by atoms with Crippen molar-refractivity contribution in [1.82, 2.24) is 15.0 Å². The fourth-order valence-corrected chi connectivity index (χ4v) is 7.55. The van der Waals surface area contributed by atoms with Crippen LogP contribution >= 0.6 is 95.6 Å². The Labute approximate surface area is 260 Å². The third-order valence-electron chi connectivity index (χ3n) is 4.17. The predicted octanol–water partition coefficient (Wildman–Crippen LogP) is 9.55. The molecule has 3 aromatic carbocycles. The van der Waals surface area contributed by atoms with Gasteiger partial charge in [-0.2, -0.15) is 0 Å². The summed E-state index contributed by atoms with van der Waals surface area (Å²) in [6, 6.07) is 13.5. The smallest absolute Gasteiger partial charge is 0.331 e. The molecule has 0 fully saturated rings. The Morgan fingerprint density at radius 1 is 0.622 bits per heavy atom. The largest absolute Gasteiger partial charge is 0.449 e. The van der Waals surface area contributed by atoms with Crippen LogP contribution in [0, 0.1) is 0 Å². The molecule has 4 rings (SSSR count). The topological polar surface area (TPSA) is 92.7 Å².